The third-order valence-corrected chi connectivity index (χ3v) is 6.11. The first-order chi connectivity index (χ1) is 13.3. The summed E-state index contributed by atoms with van der Waals surface area (Å²) in [5.74, 6) is 0.0361. The van der Waals surface area contributed by atoms with E-state index >= 15 is 0 Å². The molecule has 0 spiro atoms. The number of hydrogen-bond acceptors (Lipinski definition) is 4. The number of hydrogen-bond donors (Lipinski definition) is 1. The fourth-order valence-electron chi connectivity index (χ4n) is 4.34. The number of fused-ring (bicyclic) bond motifs is 1. The largest absolute Gasteiger partial charge is 0.334 e. The van der Waals surface area contributed by atoms with Crippen LogP contribution < -0.4 is 5.32 Å². The molecule has 1 fully saturated rings. The molecule has 0 saturated carbocycles. The van der Waals surface area contributed by atoms with Crippen LogP contribution in [0.1, 0.15) is 78.0 Å². The Morgan fingerprint density at radius 1 is 1.29 bits per heavy atom. The van der Waals surface area contributed by atoms with E-state index in [0.29, 0.717) is 18.2 Å². The van der Waals surface area contributed by atoms with E-state index in [1.165, 1.54) is 41.4 Å². The van der Waals surface area contributed by atoms with Crippen molar-refractivity contribution in [1.29, 1.82) is 0 Å². The monoisotopic (exact) mass is 378 g/mol. The molecule has 0 radical (unpaired) electrons. The van der Waals surface area contributed by atoms with E-state index in [-0.39, 0.29) is 11.3 Å². The number of aryl methyl sites for hydroxylation is 1. The van der Waals surface area contributed by atoms with Crippen LogP contribution in [0, 0.1) is 6.92 Å². The molecule has 148 valence electrons. The molecule has 5 heteroatoms. The molecule has 5 nitrogen and oxygen atoms in total. The first-order valence-corrected chi connectivity index (χ1v) is 10.3. The topological polar surface area (TPSA) is 58.1 Å². The predicted molar refractivity (Wildman–Crippen MR) is 110 cm³/mol. The van der Waals surface area contributed by atoms with E-state index in [2.05, 4.69) is 48.2 Å². The van der Waals surface area contributed by atoms with Crippen LogP contribution in [0.5, 0.6) is 0 Å². The number of carbonyl (C=O) groups excluding carboxylic acids is 1. The first kappa shape index (κ1) is 19.1. The zero-order valence-electron chi connectivity index (χ0n) is 17.4. The van der Waals surface area contributed by atoms with E-state index in [4.69, 9.17) is 0 Å². The van der Waals surface area contributed by atoms with Crippen molar-refractivity contribution in [2.45, 2.75) is 65.0 Å². The van der Waals surface area contributed by atoms with Crippen molar-refractivity contribution in [3.05, 3.63) is 58.2 Å². The molecule has 1 N–H and O–H groups in total. The molecule has 2 aliphatic heterocycles. The van der Waals surface area contributed by atoms with E-state index < -0.39 is 0 Å². The van der Waals surface area contributed by atoms with Crippen molar-refractivity contribution in [1.82, 2.24) is 20.2 Å². The van der Waals surface area contributed by atoms with Crippen LogP contribution in [0.3, 0.4) is 0 Å². The molecule has 0 bridgehead atoms. The second kappa shape index (κ2) is 7.28. The highest BCUT2D eigenvalue weighted by atomic mass is 16.2. The summed E-state index contributed by atoms with van der Waals surface area (Å²) >= 11 is 0. The van der Waals surface area contributed by atoms with Crippen LogP contribution in [0.4, 0.5) is 0 Å². The predicted octanol–water partition coefficient (Wildman–Crippen LogP) is 3.71. The zero-order chi connectivity index (χ0) is 19.9. The number of carbonyl (C=O) groups is 1. The summed E-state index contributed by atoms with van der Waals surface area (Å²) in [5, 5.41) is 3.66. The van der Waals surface area contributed by atoms with Crippen molar-refractivity contribution in [2.24, 2.45) is 0 Å². The number of nitrogens with one attached hydrogen (secondary N) is 1. The SMILES string of the molecule is Cc1ncncc1C(=O)N1CCc2cc(C(C)(C)C)cc([C@@H]3CCCN3)c2C1. The van der Waals surface area contributed by atoms with Gasteiger partial charge in [-0.05, 0) is 60.4 Å². The molecule has 0 aliphatic carbocycles. The Hall–Kier alpha value is -2.27. The molecule has 2 aromatic rings. The van der Waals surface area contributed by atoms with Crippen LogP contribution in [0.25, 0.3) is 0 Å². The normalized spacial score (nSPS) is 19.6. The average Bonchev–Trinajstić information content (AvgIpc) is 3.20. The van der Waals surface area contributed by atoms with E-state index in [1.807, 2.05) is 11.8 Å². The second-order valence-electron chi connectivity index (χ2n) is 9.10. The molecule has 2 aliphatic rings. The third-order valence-electron chi connectivity index (χ3n) is 6.11. The van der Waals surface area contributed by atoms with Gasteiger partial charge in [0.05, 0.1) is 11.3 Å². The smallest absolute Gasteiger partial charge is 0.257 e. The number of amides is 1. The van der Waals surface area contributed by atoms with Crippen LogP contribution >= 0.6 is 0 Å². The Morgan fingerprint density at radius 3 is 2.79 bits per heavy atom. The molecule has 1 atom stereocenters. The highest BCUT2D eigenvalue weighted by Crippen LogP contribution is 2.36. The molecule has 28 heavy (non-hydrogen) atoms. The van der Waals surface area contributed by atoms with E-state index in [1.54, 1.807) is 6.20 Å². The van der Waals surface area contributed by atoms with Gasteiger partial charge < -0.3 is 10.2 Å². The van der Waals surface area contributed by atoms with Crippen molar-refractivity contribution in [2.75, 3.05) is 13.1 Å². The average molecular weight is 379 g/mol. The maximum atomic E-state index is 13.1. The fourth-order valence-corrected chi connectivity index (χ4v) is 4.34. The van der Waals surface area contributed by atoms with Gasteiger partial charge in [0.1, 0.15) is 6.33 Å². The van der Waals surface area contributed by atoms with Gasteiger partial charge in [-0.15, -0.1) is 0 Å². The molecule has 1 amide bonds. The maximum Gasteiger partial charge on any atom is 0.257 e. The summed E-state index contributed by atoms with van der Waals surface area (Å²) in [6.07, 6.45) is 6.41. The summed E-state index contributed by atoms with van der Waals surface area (Å²) in [5.41, 5.74) is 6.99. The van der Waals surface area contributed by atoms with Gasteiger partial charge in [-0.2, -0.15) is 0 Å². The maximum absolute atomic E-state index is 13.1. The van der Waals surface area contributed by atoms with Gasteiger partial charge >= 0.3 is 0 Å². The lowest BCUT2D eigenvalue weighted by molar-refractivity contribution is 0.0732. The molecule has 1 saturated heterocycles. The highest BCUT2D eigenvalue weighted by molar-refractivity contribution is 5.95. The summed E-state index contributed by atoms with van der Waals surface area (Å²) in [6.45, 7) is 11.2. The Morgan fingerprint density at radius 2 is 2.11 bits per heavy atom. The zero-order valence-corrected chi connectivity index (χ0v) is 17.4. The third kappa shape index (κ3) is 3.55. The van der Waals surface area contributed by atoms with Gasteiger partial charge in [-0.3, -0.25) is 4.79 Å². The van der Waals surface area contributed by atoms with Crippen molar-refractivity contribution in [3.63, 3.8) is 0 Å². The number of aromatic nitrogens is 2. The van der Waals surface area contributed by atoms with Crippen molar-refractivity contribution < 1.29 is 4.79 Å². The van der Waals surface area contributed by atoms with Gasteiger partial charge in [0, 0.05) is 25.3 Å². The molecule has 1 aromatic carbocycles. The summed E-state index contributed by atoms with van der Waals surface area (Å²) in [6, 6.07) is 5.15. The van der Waals surface area contributed by atoms with Crippen LogP contribution in [0.15, 0.2) is 24.7 Å². The molecular weight excluding hydrogens is 348 g/mol. The lowest BCUT2D eigenvalue weighted by Crippen LogP contribution is -2.37. The second-order valence-corrected chi connectivity index (χ2v) is 9.10. The molecular formula is C23H30N4O. The van der Waals surface area contributed by atoms with Crippen molar-refractivity contribution in [3.8, 4) is 0 Å². The fraction of sp³-hybridized carbons (Fsp3) is 0.522. The van der Waals surface area contributed by atoms with E-state index in [0.717, 1.165) is 25.2 Å². The molecule has 4 rings (SSSR count). The first-order valence-electron chi connectivity index (χ1n) is 10.3. The lowest BCUT2D eigenvalue weighted by atomic mass is 9.80. The minimum absolute atomic E-state index is 0.0361. The highest BCUT2D eigenvalue weighted by Gasteiger charge is 2.30. The van der Waals surface area contributed by atoms with Gasteiger partial charge in [0.25, 0.3) is 5.91 Å². The van der Waals surface area contributed by atoms with Gasteiger partial charge in [-0.25, -0.2) is 9.97 Å². The Kier molecular flexibility index (Phi) is 4.96. The molecule has 1 aromatic heterocycles. The quantitative estimate of drug-likeness (QED) is 0.866. The minimum Gasteiger partial charge on any atom is -0.334 e. The lowest BCUT2D eigenvalue weighted by Gasteiger charge is -2.34. The molecule has 0 unspecified atom stereocenters. The van der Waals surface area contributed by atoms with Crippen molar-refractivity contribution >= 4 is 5.91 Å². The summed E-state index contributed by atoms with van der Waals surface area (Å²) < 4.78 is 0. The Balaban J connectivity index is 1.71. The number of rotatable bonds is 2. The Bertz CT molecular complexity index is 894. The van der Waals surface area contributed by atoms with E-state index in [9.17, 15) is 4.79 Å². The van der Waals surface area contributed by atoms with Crippen LogP contribution in [-0.2, 0) is 18.4 Å². The number of nitrogens with zero attached hydrogens (tertiary/aromatic N) is 3. The van der Waals surface area contributed by atoms with Gasteiger partial charge in [0.2, 0.25) is 0 Å². The van der Waals surface area contributed by atoms with Gasteiger partial charge in [0.15, 0.2) is 0 Å². The minimum atomic E-state index is 0.0361. The van der Waals surface area contributed by atoms with Crippen LogP contribution in [0.2, 0.25) is 0 Å². The Labute approximate surface area is 167 Å². The summed E-state index contributed by atoms with van der Waals surface area (Å²) in [4.78, 5) is 23.3. The van der Waals surface area contributed by atoms with Gasteiger partial charge in [-0.1, -0.05) is 32.9 Å². The van der Waals surface area contributed by atoms with Crippen LogP contribution in [-0.4, -0.2) is 33.9 Å². The molecule has 3 heterocycles. The summed E-state index contributed by atoms with van der Waals surface area (Å²) in [7, 11) is 0. The number of benzene rings is 1. The standard InChI is InChI=1S/C23H30N4O/c1-15-19(12-24-14-26-15)22(28)27-9-7-16-10-17(23(2,3)4)11-18(20(16)13-27)21-6-5-8-25-21/h10-12,14,21,25H,5-9,13H2,1-4H3/t21-/m0/s1.